The number of halogens is 1. The van der Waals surface area contributed by atoms with Gasteiger partial charge in [0, 0.05) is 22.9 Å². The van der Waals surface area contributed by atoms with Gasteiger partial charge in [0.2, 0.25) is 0 Å². The van der Waals surface area contributed by atoms with Crippen LogP contribution >= 0.6 is 15.9 Å². The summed E-state index contributed by atoms with van der Waals surface area (Å²) in [5, 5.41) is 13.7. The van der Waals surface area contributed by atoms with Crippen molar-refractivity contribution in [2.24, 2.45) is 5.10 Å². The Hall–Kier alpha value is -3.12. The Morgan fingerprint density at radius 3 is 2.41 bits per heavy atom. The summed E-state index contributed by atoms with van der Waals surface area (Å²) in [6.45, 7) is 0. The molecule has 0 aliphatic carbocycles. The topological polar surface area (TPSA) is 64.9 Å². The minimum atomic E-state index is -0.481. The van der Waals surface area contributed by atoms with E-state index in [2.05, 4.69) is 31.4 Å². The molecular weight excluding hydrogens is 406 g/mol. The van der Waals surface area contributed by atoms with Crippen molar-refractivity contribution >= 4 is 39.4 Å². The number of amides is 1. The zero-order valence-electron chi connectivity index (χ0n) is 14.6. The predicted molar refractivity (Wildman–Crippen MR) is 112 cm³/mol. The fraction of sp³-hybridized carbons (Fsp3) is 0.0476. The van der Waals surface area contributed by atoms with Crippen molar-refractivity contribution in [3.05, 3.63) is 88.4 Å². The van der Waals surface area contributed by atoms with E-state index < -0.39 is 5.91 Å². The Morgan fingerprint density at radius 2 is 1.70 bits per heavy atom. The molecule has 3 aromatic rings. The molecule has 0 atom stereocenters. The molecule has 0 spiro atoms. The van der Waals surface area contributed by atoms with E-state index >= 15 is 0 Å². The van der Waals surface area contributed by atoms with Gasteiger partial charge in [-0.15, -0.1) is 0 Å². The van der Waals surface area contributed by atoms with E-state index in [1.54, 1.807) is 12.3 Å². The second kappa shape index (κ2) is 8.51. The molecule has 0 aliphatic heterocycles. The van der Waals surface area contributed by atoms with Crippen LogP contribution in [0, 0.1) is 0 Å². The van der Waals surface area contributed by atoms with Crippen LogP contribution in [0.1, 0.15) is 15.9 Å². The van der Waals surface area contributed by atoms with Crippen molar-refractivity contribution in [1.82, 2.24) is 5.43 Å². The molecule has 3 rings (SSSR count). The summed E-state index contributed by atoms with van der Waals surface area (Å²) >= 11 is 3.27. The van der Waals surface area contributed by atoms with Gasteiger partial charge >= 0.3 is 0 Å². The summed E-state index contributed by atoms with van der Waals surface area (Å²) < 4.78 is 0.701. The molecule has 2 N–H and O–H groups in total. The maximum Gasteiger partial charge on any atom is 0.275 e. The Balaban J connectivity index is 1.64. The van der Waals surface area contributed by atoms with Crippen molar-refractivity contribution in [2.45, 2.75) is 0 Å². The van der Waals surface area contributed by atoms with Crippen molar-refractivity contribution in [3.63, 3.8) is 0 Å². The number of benzene rings is 3. The first-order valence-electron chi connectivity index (χ1n) is 8.25. The average molecular weight is 424 g/mol. The molecule has 136 valence electrons. The molecule has 0 fully saturated rings. The van der Waals surface area contributed by atoms with Gasteiger partial charge in [0.25, 0.3) is 5.91 Å². The maximum atomic E-state index is 12.1. The number of aromatic hydroxyl groups is 1. The monoisotopic (exact) mass is 423 g/mol. The molecule has 5 nitrogen and oxygen atoms in total. The summed E-state index contributed by atoms with van der Waals surface area (Å²) in [7, 11) is 2.00. The number of carbonyl (C=O) groups excluding carboxylic acids is 1. The van der Waals surface area contributed by atoms with E-state index in [9.17, 15) is 9.90 Å². The first kappa shape index (κ1) is 18.7. The summed E-state index contributed by atoms with van der Waals surface area (Å²) in [6.07, 6.45) is 1.55. The summed E-state index contributed by atoms with van der Waals surface area (Å²) in [5.74, 6) is -0.579. The molecule has 6 heteroatoms. The second-order valence-electron chi connectivity index (χ2n) is 5.85. The highest BCUT2D eigenvalue weighted by molar-refractivity contribution is 9.10. The van der Waals surface area contributed by atoms with Gasteiger partial charge in [0.15, 0.2) is 0 Å². The molecule has 0 bridgehead atoms. The normalized spacial score (nSPS) is 10.7. The molecule has 0 unspecified atom stereocenters. The van der Waals surface area contributed by atoms with Crippen molar-refractivity contribution in [2.75, 3.05) is 11.9 Å². The molecule has 1 amide bonds. The lowest BCUT2D eigenvalue weighted by molar-refractivity contribution is 0.0952. The summed E-state index contributed by atoms with van der Waals surface area (Å²) in [4.78, 5) is 14.2. The van der Waals surface area contributed by atoms with Gasteiger partial charge in [0.1, 0.15) is 5.75 Å². The van der Waals surface area contributed by atoms with Gasteiger partial charge in [-0.25, -0.2) is 5.43 Å². The van der Waals surface area contributed by atoms with Crippen LogP contribution in [0.2, 0.25) is 0 Å². The number of nitrogens with zero attached hydrogens (tertiary/aromatic N) is 2. The highest BCUT2D eigenvalue weighted by atomic mass is 79.9. The lowest BCUT2D eigenvalue weighted by Gasteiger charge is -2.19. The SMILES string of the molecule is CN(c1ccccc1)c1ccc(C=NNC(=O)c2cc(Br)ccc2O)cc1. The Labute approximate surface area is 166 Å². The van der Waals surface area contributed by atoms with Gasteiger partial charge < -0.3 is 10.0 Å². The van der Waals surface area contributed by atoms with Crippen LogP contribution in [0.25, 0.3) is 0 Å². The standard InChI is InChI=1S/C21H18BrN3O2/c1-25(17-5-3-2-4-6-17)18-10-7-15(8-11-18)14-23-24-21(27)19-13-16(22)9-12-20(19)26/h2-14,26H,1H3,(H,24,27). The van der Waals surface area contributed by atoms with Gasteiger partial charge in [-0.05, 0) is 48.0 Å². The van der Waals surface area contributed by atoms with Crippen LogP contribution in [0.4, 0.5) is 11.4 Å². The molecule has 0 heterocycles. The summed E-state index contributed by atoms with van der Waals surface area (Å²) in [5.41, 5.74) is 5.56. The number of anilines is 2. The number of carbonyl (C=O) groups is 1. The van der Waals surface area contributed by atoms with Crippen molar-refractivity contribution in [3.8, 4) is 5.75 Å². The first-order valence-corrected chi connectivity index (χ1v) is 9.04. The van der Waals surface area contributed by atoms with E-state index in [-0.39, 0.29) is 11.3 Å². The van der Waals surface area contributed by atoms with Crippen LogP contribution in [0.5, 0.6) is 5.75 Å². The number of phenolic OH excluding ortho intramolecular Hbond substituents is 1. The number of hydrogen-bond acceptors (Lipinski definition) is 4. The zero-order valence-corrected chi connectivity index (χ0v) is 16.2. The quantitative estimate of drug-likeness (QED) is 0.462. The number of rotatable bonds is 5. The molecule has 0 saturated heterocycles. The minimum Gasteiger partial charge on any atom is -0.507 e. The Morgan fingerprint density at radius 1 is 1.04 bits per heavy atom. The van der Waals surface area contributed by atoms with E-state index in [4.69, 9.17) is 0 Å². The number of para-hydroxylation sites is 1. The van der Waals surface area contributed by atoms with Crippen LogP contribution in [-0.4, -0.2) is 24.3 Å². The molecule has 0 aliphatic rings. The molecular formula is C21H18BrN3O2. The molecule has 3 aromatic carbocycles. The molecule has 0 radical (unpaired) electrons. The Kier molecular flexibility index (Phi) is 5.88. The summed E-state index contributed by atoms with van der Waals surface area (Å²) in [6, 6.07) is 22.5. The van der Waals surface area contributed by atoms with Crippen LogP contribution < -0.4 is 10.3 Å². The largest absolute Gasteiger partial charge is 0.507 e. The van der Waals surface area contributed by atoms with Crippen LogP contribution in [0.15, 0.2) is 82.4 Å². The smallest absolute Gasteiger partial charge is 0.275 e. The fourth-order valence-corrected chi connectivity index (χ4v) is 2.86. The number of phenols is 1. The van der Waals surface area contributed by atoms with E-state index in [1.807, 2.05) is 61.6 Å². The number of nitrogens with one attached hydrogen (secondary N) is 1. The van der Waals surface area contributed by atoms with Crippen LogP contribution in [0.3, 0.4) is 0 Å². The van der Waals surface area contributed by atoms with Crippen molar-refractivity contribution < 1.29 is 9.90 Å². The van der Waals surface area contributed by atoms with Crippen molar-refractivity contribution in [1.29, 1.82) is 0 Å². The Bertz CT molecular complexity index is 957. The lowest BCUT2D eigenvalue weighted by Crippen LogP contribution is -2.17. The molecule has 0 aromatic heterocycles. The third kappa shape index (κ3) is 4.74. The number of hydrogen-bond donors (Lipinski definition) is 2. The van der Waals surface area contributed by atoms with Crippen LogP contribution in [-0.2, 0) is 0 Å². The highest BCUT2D eigenvalue weighted by Crippen LogP contribution is 2.23. The molecule has 27 heavy (non-hydrogen) atoms. The van der Waals surface area contributed by atoms with Gasteiger partial charge in [-0.3, -0.25) is 4.79 Å². The third-order valence-corrected chi connectivity index (χ3v) is 4.50. The molecule has 0 saturated carbocycles. The van der Waals surface area contributed by atoms with Gasteiger partial charge in [-0.1, -0.05) is 46.3 Å². The average Bonchev–Trinajstić information content (AvgIpc) is 2.70. The van der Waals surface area contributed by atoms with E-state index in [0.29, 0.717) is 4.47 Å². The third-order valence-electron chi connectivity index (χ3n) is 4.01. The van der Waals surface area contributed by atoms with Gasteiger partial charge in [-0.2, -0.15) is 5.10 Å². The highest BCUT2D eigenvalue weighted by Gasteiger charge is 2.10. The maximum absolute atomic E-state index is 12.1. The first-order chi connectivity index (χ1) is 13.0. The van der Waals surface area contributed by atoms with E-state index in [1.165, 1.54) is 12.1 Å². The second-order valence-corrected chi connectivity index (χ2v) is 6.76. The minimum absolute atomic E-state index is 0.0980. The number of hydrazone groups is 1. The van der Waals surface area contributed by atoms with Gasteiger partial charge in [0.05, 0.1) is 11.8 Å². The predicted octanol–water partition coefficient (Wildman–Crippen LogP) is 4.69. The lowest BCUT2D eigenvalue weighted by atomic mass is 10.2. The zero-order chi connectivity index (χ0) is 19.2. The van der Waals surface area contributed by atoms with E-state index in [0.717, 1.165) is 16.9 Å². The fourth-order valence-electron chi connectivity index (χ4n) is 2.50.